The molecular formula is C24H27NO6S. The normalized spacial score (nSPS) is 14.8. The number of carbonyl (C=O) groups is 3. The first-order valence-corrected chi connectivity index (χ1v) is 10.9. The van der Waals surface area contributed by atoms with Gasteiger partial charge in [0.05, 0.1) is 18.1 Å². The van der Waals surface area contributed by atoms with Crippen molar-refractivity contribution in [1.29, 1.82) is 0 Å². The van der Waals surface area contributed by atoms with E-state index in [4.69, 9.17) is 9.15 Å². The van der Waals surface area contributed by atoms with Crippen LogP contribution in [-0.4, -0.2) is 40.3 Å². The summed E-state index contributed by atoms with van der Waals surface area (Å²) in [4.78, 5) is 37.0. The number of aryl methyl sites for hydroxylation is 1. The van der Waals surface area contributed by atoms with E-state index in [1.807, 2.05) is 51.1 Å². The second-order valence-corrected chi connectivity index (χ2v) is 7.74. The van der Waals surface area contributed by atoms with E-state index >= 15 is 0 Å². The summed E-state index contributed by atoms with van der Waals surface area (Å²) >= 11 is 0.753. The molecule has 1 N–H and O–H groups in total. The zero-order valence-electron chi connectivity index (χ0n) is 18.6. The number of aliphatic hydroxyl groups excluding tert-OH is 1. The van der Waals surface area contributed by atoms with Gasteiger partial charge in [0.15, 0.2) is 0 Å². The summed E-state index contributed by atoms with van der Waals surface area (Å²) in [5.74, 6) is -0.154. The third-order valence-corrected chi connectivity index (χ3v) is 5.35. The Kier molecular flexibility index (Phi) is 9.49. The summed E-state index contributed by atoms with van der Waals surface area (Å²) < 4.78 is 10.6. The van der Waals surface area contributed by atoms with E-state index in [0.29, 0.717) is 11.5 Å². The topological polar surface area (TPSA) is 97.1 Å². The number of carbonyl (C=O) groups excluding carboxylic acids is 3. The molecule has 0 unspecified atom stereocenters. The molecule has 1 aliphatic rings. The van der Waals surface area contributed by atoms with Crippen molar-refractivity contribution in [2.45, 2.75) is 34.3 Å². The Balaban J connectivity index is 0.000000837. The fourth-order valence-electron chi connectivity index (χ4n) is 2.78. The third kappa shape index (κ3) is 6.45. The van der Waals surface area contributed by atoms with E-state index in [0.717, 1.165) is 33.4 Å². The molecule has 0 atom stereocenters. The third-order valence-electron chi connectivity index (χ3n) is 4.44. The fourth-order valence-corrected chi connectivity index (χ4v) is 3.60. The fraction of sp³-hybridized carbons (Fsp3) is 0.292. The van der Waals surface area contributed by atoms with E-state index in [9.17, 15) is 19.5 Å². The van der Waals surface area contributed by atoms with Gasteiger partial charge in [-0.3, -0.25) is 19.3 Å². The zero-order chi connectivity index (χ0) is 23.7. The first-order valence-electron chi connectivity index (χ1n) is 10.1. The van der Waals surface area contributed by atoms with Gasteiger partial charge >= 0.3 is 5.97 Å². The minimum atomic E-state index is -0.631. The molecule has 2 aromatic rings. The second-order valence-electron chi connectivity index (χ2n) is 6.75. The molecule has 0 bridgehead atoms. The molecule has 1 aliphatic heterocycles. The summed E-state index contributed by atoms with van der Waals surface area (Å²) in [7, 11) is 0. The van der Waals surface area contributed by atoms with Crippen LogP contribution in [0.25, 0.3) is 17.4 Å². The lowest BCUT2D eigenvalue weighted by Gasteiger charge is -2.10. The number of nitrogens with zero attached hydrogens (tertiary/aromatic N) is 1. The van der Waals surface area contributed by atoms with Gasteiger partial charge in [-0.25, -0.2) is 0 Å². The molecule has 170 valence electrons. The molecule has 0 aliphatic carbocycles. The molecule has 1 saturated heterocycles. The molecule has 1 aromatic heterocycles. The van der Waals surface area contributed by atoms with Crippen LogP contribution in [0.2, 0.25) is 0 Å². The lowest BCUT2D eigenvalue weighted by Crippen LogP contribution is -2.34. The maximum Gasteiger partial charge on any atom is 0.326 e. The van der Waals surface area contributed by atoms with Gasteiger partial charge in [0.2, 0.25) is 0 Å². The molecule has 2 heterocycles. The predicted octanol–water partition coefficient (Wildman–Crippen LogP) is 4.93. The smallest absolute Gasteiger partial charge is 0.326 e. The van der Waals surface area contributed by atoms with E-state index in [2.05, 4.69) is 0 Å². The first-order chi connectivity index (χ1) is 15.3. The highest BCUT2D eigenvalue weighted by Crippen LogP contribution is 2.33. The highest BCUT2D eigenvalue weighted by atomic mass is 32.2. The lowest BCUT2D eigenvalue weighted by atomic mass is 10.0. The number of hydrogen-bond acceptors (Lipinski definition) is 7. The largest absolute Gasteiger partial charge is 0.465 e. The van der Waals surface area contributed by atoms with Crippen LogP contribution >= 0.6 is 11.8 Å². The number of aliphatic hydroxyl groups is 1. The average molecular weight is 458 g/mol. The number of furan rings is 1. The number of imide groups is 1. The Morgan fingerprint density at radius 2 is 1.91 bits per heavy atom. The van der Waals surface area contributed by atoms with E-state index in [1.54, 1.807) is 19.1 Å². The number of hydrogen-bond donors (Lipinski definition) is 1. The van der Waals surface area contributed by atoms with Crippen LogP contribution < -0.4 is 0 Å². The van der Waals surface area contributed by atoms with Crippen LogP contribution in [0, 0.1) is 6.92 Å². The summed E-state index contributed by atoms with van der Waals surface area (Å²) in [6.07, 6.45) is 5.48. The Morgan fingerprint density at radius 1 is 1.19 bits per heavy atom. The van der Waals surface area contributed by atoms with Gasteiger partial charge in [0.1, 0.15) is 18.1 Å². The summed E-state index contributed by atoms with van der Waals surface area (Å²) in [5.41, 5.74) is 2.62. The molecule has 1 fully saturated rings. The van der Waals surface area contributed by atoms with Crippen LogP contribution in [0.3, 0.4) is 0 Å². The van der Waals surface area contributed by atoms with Crippen molar-refractivity contribution in [3.05, 3.63) is 64.3 Å². The molecule has 0 saturated carbocycles. The number of thioether (sulfide) groups is 1. The first kappa shape index (κ1) is 25.2. The SMILES string of the molecule is C/C=C\C.CCOC(=O)CN1C(=O)S/C(=C\c2ccc(-c3ccc(CO)cc3C)o2)C1=O. The van der Waals surface area contributed by atoms with Gasteiger partial charge in [0, 0.05) is 11.6 Å². The van der Waals surface area contributed by atoms with Crippen molar-refractivity contribution >= 4 is 35.0 Å². The van der Waals surface area contributed by atoms with Crippen molar-refractivity contribution in [3.63, 3.8) is 0 Å². The molecular weight excluding hydrogens is 430 g/mol. The van der Waals surface area contributed by atoms with Crippen molar-refractivity contribution in [2.24, 2.45) is 0 Å². The lowest BCUT2D eigenvalue weighted by molar-refractivity contribution is -0.145. The van der Waals surface area contributed by atoms with Gasteiger partial charge in [-0.2, -0.15) is 0 Å². The van der Waals surface area contributed by atoms with Gasteiger partial charge in [-0.15, -0.1) is 0 Å². The van der Waals surface area contributed by atoms with Crippen LogP contribution in [0.5, 0.6) is 0 Å². The Bertz CT molecular complexity index is 1030. The maximum absolute atomic E-state index is 12.4. The molecule has 32 heavy (non-hydrogen) atoms. The van der Waals surface area contributed by atoms with Gasteiger partial charge < -0.3 is 14.3 Å². The minimum absolute atomic E-state index is 0.0354. The van der Waals surface area contributed by atoms with Crippen LogP contribution in [0.4, 0.5) is 4.79 Å². The Hall–Kier alpha value is -3.10. The number of benzene rings is 1. The number of esters is 1. The van der Waals surface area contributed by atoms with Crippen molar-refractivity contribution in [2.75, 3.05) is 13.2 Å². The van der Waals surface area contributed by atoms with Gasteiger partial charge in [-0.1, -0.05) is 30.4 Å². The quantitative estimate of drug-likeness (QED) is 0.373. The van der Waals surface area contributed by atoms with Crippen molar-refractivity contribution < 1.29 is 28.6 Å². The van der Waals surface area contributed by atoms with Crippen LogP contribution in [0.1, 0.15) is 37.7 Å². The molecule has 3 rings (SSSR count). The molecule has 8 heteroatoms. The standard InChI is InChI=1S/C20H19NO6S.C4H8/c1-3-26-18(23)10-21-19(24)17(28-20(21)25)9-14-5-7-16(27-14)15-6-4-13(11-22)8-12(15)2;1-3-4-2/h4-9,22H,3,10-11H2,1-2H3;3-4H,1-2H3/b17-9-;4-3-. The van der Waals surface area contributed by atoms with Crippen LogP contribution in [-0.2, 0) is 20.9 Å². The van der Waals surface area contributed by atoms with Crippen molar-refractivity contribution in [1.82, 2.24) is 4.90 Å². The highest BCUT2D eigenvalue weighted by molar-refractivity contribution is 8.18. The van der Waals surface area contributed by atoms with Crippen molar-refractivity contribution in [3.8, 4) is 11.3 Å². The van der Waals surface area contributed by atoms with E-state index in [-0.39, 0.29) is 18.1 Å². The Labute approximate surface area is 191 Å². The van der Waals surface area contributed by atoms with Gasteiger partial charge in [-0.05, 0) is 62.7 Å². The van der Waals surface area contributed by atoms with E-state index in [1.165, 1.54) is 6.08 Å². The Morgan fingerprint density at radius 3 is 2.50 bits per heavy atom. The number of ether oxygens (including phenoxy) is 1. The van der Waals surface area contributed by atoms with Gasteiger partial charge in [0.25, 0.3) is 11.1 Å². The monoisotopic (exact) mass is 457 g/mol. The van der Waals surface area contributed by atoms with Crippen LogP contribution in [0.15, 0.2) is 51.8 Å². The molecule has 0 spiro atoms. The second kappa shape index (κ2) is 12.1. The number of rotatable bonds is 6. The summed E-state index contributed by atoms with van der Waals surface area (Å²) in [6.45, 7) is 7.30. The summed E-state index contributed by atoms with van der Waals surface area (Å²) in [6, 6.07) is 9.02. The molecule has 1 aromatic carbocycles. The summed E-state index contributed by atoms with van der Waals surface area (Å²) in [5, 5.41) is 8.69. The maximum atomic E-state index is 12.4. The predicted molar refractivity (Wildman–Crippen MR) is 125 cm³/mol. The molecule has 0 radical (unpaired) electrons. The van der Waals surface area contributed by atoms with E-state index < -0.39 is 23.7 Å². The molecule has 7 nitrogen and oxygen atoms in total. The zero-order valence-corrected chi connectivity index (χ0v) is 19.4. The molecule has 2 amide bonds. The number of allylic oxidation sites excluding steroid dienone is 2. The minimum Gasteiger partial charge on any atom is -0.465 e. The highest BCUT2D eigenvalue weighted by Gasteiger charge is 2.36. The average Bonchev–Trinajstić information content (AvgIpc) is 3.34. The number of amides is 2.